The lowest BCUT2D eigenvalue weighted by Gasteiger charge is -2.12. The van der Waals surface area contributed by atoms with Crippen LogP contribution in [0.15, 0.2) is 23.2 Å². The van der Waals surface area contributed by atoms with Gasteiger partial charge in [-0.25, -0.2) is 9.98 Å². The van der Waals surface area contributed by atoms with Crippen molar-refractivity contribution in [3.05, 3.63) is 33.8 Å². The summed E-state index contributed by atoms with van der Waals surface area (Å²) >= 11 is 1.70. The number of aromatic nitrogens is 1. The Morgan fingerprint density at radius 2 is 1.72 bits per heavy atom. The molecule has 0 saturated carbocycles. The Morgan fingerprint density at radius 3 is 2.28 bits per heavy atom. The molecule has 29 heavy (non-hydrogen) atoms. The van der Waals surface area contributed by atoms with E-state index in [2.05, 4.69) is 27.5 Å². The Bertz CT molecular complexity index is 741. The molecule has 0 amide bonds. The average Bonchev–Trinajstić information content (AvgIpc) is 3.02. The van der Waals surface area contributed by atoms with Gasteiger partial charge in [0, 0.05) is 36.2 Å². The number of hydrogen-bond acceptors (Lipinski definition) is 6. The van der Waals surface area contributed by atoms with Crippen LogP contribution in [0.5, 0.6) is 17.2 Å². The summed E-state index contributed by atoms with van der Waals surface area (Å²) in [6, 6.07) is 5.51. The van der Waals surface area contributed by atoms with Crippen LogP contribution in [0.3, 0.4) is 0 Å². The van der Waals surface area contributed by atoms with Crippen molar-refractivity contribution in [1.82, 2.24) is 15.6 Å². The molecule has 0 radical (unpaired) electrons. The Kier molecular flexibility index (Phi) is 11.7. The van der Waals surface area contributed by atoms with Gasteiger partial charge >= 0.3 is 0 Å². The van der Waals surface area contributed by atoms with Crippen molar-refractivity contribution in [2.75, 3.05) is 33.9 Å². The van der Waals surface area contributed by atoms with Gasteiger partial charge in [0.1, 0.15) is 22.3 Å². The average molecular weight is 534 g/mol. The van der Waals surface area contributed by atoms with Gasteiger partial charge in [-0.1, -0.05) is 0 Å². The number of ether oxygens (including phenoxy) is 3. The third-order valence-electron chi connectivity index (χ3n) is 4.00. The summed E-state index contributed by atoms with van der Waals surface area (Å²) in [6.07, 6.45) is 0.833. The van der Waals surface area contributed by atoms with E-state index in [1.807, 2.05) is 32.0 Å². The van der Waals surface area contributed by atoms with Gasteiger partial charge < -0.3 is 24.8 Å². The van der Waals surface area contributed by atoms with E-state index in [1.54, 1.807) is 25.6 Å². The predicted octanol–water partition coefficient (Wildman–Crippen LogP) is 3.92. The van der Waals surface area contributed by atoms with Crippen molar-refractivity contribution in [2.45, 2.75) is 33.7 Å². The maximum absolute atomic E-state index is 5.81. The number of nitrogens with zero attached hydrogens (tertiary/aromatic N) is 2. The standard InChI is InChI=1S/C20H30N4O3S.HI/c1-6-21-20(23-13-19-24-14(2)15(3)28-19)22-8-7-9-27-18-11-16(25-4)10-17(12-18)26-5;/h10-12H,6-9,13H2,1-5H3,(H2,21,22,23);1H. The van der Waals surface area contributed by atoms with E-state index < -0.39 is 0 Å². The lowest BCUT2D eigenvalue weighted by molar-refractivity contribution is 0.305. The summed E-state index contributed by atoms with van der Waals surface area (Å²) in [5.41, 5.74) is 1.08. The fraction of sp³-hybridized carbons (Fsp3) is 0.500. The summed E-state index contributed by atoms with van der Waals surface area (Å²) in [5, 5.41) is 7.62. The van der Waals surface area contributed by atoms with E-state index in [0.29, 0.717) is 24.7 Å². The maximum Gasteiger partial charge on any atom is 0.191 e. The quantitative estimate of drug-likeness (QED) is 0.208. The number of hydrogen-bond donors (Lipinski definition) is 2. The van der Waals surface area contributed by atoms with Gasteiger partial charge in [-0.3, -0.25) is 0 Å². The highest BCUT2D eigenvalue weighted by atomic mass is 127. The zero-order chi connectivity index (χ0) is 20.4. The van der Waals surface area contributed by atoms with Crippen LogP contribution in [0.2, 0.25) is 0 Å². The first-order chi connectivity index (χ1) is 13.5. The van der Waals surface area contributed by atoms with E-state index >= 15 is 0 Å². The van der Waals surface area contributed by atoms with Gasteiger partial charge in [-0.05, 0) is 27.2 Å². The molecule has 162 valence electrons. The Balaban J connectivity index is 0.00000420. The SMILES string of the molecule is CCNC(=NCc1nc(C)c(C)s1)NCCCOc1cc(OC)cc(OC)c1.I. The summed E-state index contributed by atoms with van der Waals surface area (Å²) in [4.78, 5) is 10.4. The summed E-state index contributed by atoms with van der Waals surface area (Å²) in [7, 11) is 3.25. The van der Waals surface area contributed by atoms with Crippen molar-refractivity contribution in [1.29, 1.82) is 0 Å². The number of benzene rings is 1. The molecule has 2 aromatic rings. The van der Waals surface area contributed by atoms with Gasteiger partial charge in [-0.2, -0.15) is 0 Å². The number of guanidine groups is 1. The molecular weight excluding hydrogens is 503 g/mol. The second-order valence-corrected chi connectivity index (χ2v) is 7.41. The van der Waals surface area contributed by atoms with Gasteiger partial charge in [-0.15, -0.1) is 35.3 Å². The van der Waals surface area contributed by atoms with Crippen molar-refractivity contribution in [2.24, 2.45) is 4.99 Å². The second kappa shape index (κ2) is 13.5. The molecule has 2 rings (SSSR count). The van der Waals surface area contributed by atoms with Crippen LogP contribution in [-0.2, 0) is 6.54 Å². The van der Waals surface area contributed by atoms with Crippen molar-refractivity contribution >= 4 is 41.3 Å². The van der Waals surface area contributed by atoms with E-state index in [-0.39, 0.29) is 24.0 Å². The lowest BCUT2D eigenvalue weighted by Crippen LogP contribution is -2.38. The molecule has 0 unspecified atom stereocenters. The van der Waals surface area contributed by atoms with Crippen LogP contribution in [0.1, 0.15) is 28.9 Å². The highest BCUT2D eigenvalue weighted by molar-refractivity contribution is 14.0. The van der Waals surface area contributed by atoms with Gasteiger partial charge in [0.2, 0.25) is 0 Å². The van der Waals surface area contributed by atoms with Crippen LogP contribution < -0.4 is 24.8 Å². The molecule has 0 spiro atoms. The molecule has 1 aromatic carbocycles. The molecule has 7 nitrogen and oxygen atoms in total. The van der Waals surface area contributed by atoms with Crippen LogP contribution >= 0.6 is 35.3 Å². The fourth-order valence-electron chi connectivity index (χ4n) is 2.43. The summed E-state index contributed by atoms with van der Waals surface area (Å²) in [6.45, 7) is 8.88. The second-order valence-electron chi connectivity index (χ2n) is 6.12. The molecule has 0 aliphatic carbocycles. The molecule has 1 aromatic heterocycles. The Labute approximate surface area is 194 Å². The predicted molar refractivity (Wildman–Crippen MR) is 129 cm³/mol. The third kappa shape index (κ3) is 8.65. The molecule has 0 fully saturated rings. The molecule has 0 aliphatic heterocycles. The van der Waals surface area contributed by atoms with Crippen LogP contribution in [0.25, 0.3) is 0 Å². The molecule has 0 bridgehead atoms. The van der Waals surface area contributed by atoms with Gasteiger partial charge in [0.25, 0.3) is 0 Å². The smallest absolute Gasteiger partial charge is 0.191 e. The summed E-state index contributed by atoms with van der Waals surface area (Å²) in [5.74, 6) is 2.94. The van der Waals surface area contributed by atoms with E-state index in [4.69, 9.17) is 14.2 Å². The molecule has 1 heterocycles. The van der Waals surface area contributed by atoms with Crippen LogP contribution in [0.4, 0.5) is 0 Å². The van der Waals surface area contributed by atoms with E-state index in [0.717, 1.165) is 41.9 Å². The number of halogens is 1. The van der Waals surface area contributed by atoms with Gasteiger partial charge in [0.05, 0.1) is 33.1 Å². The Morgan fingerprint density at radius 1 is 1.07 bits per heavy atom. The lowest BCUT2D eigenvalue weighted by atomic mass is 10.3. The number of thiazole rings is 1. The molecule has 0 atom stereocenters. The molecule has 0 aliphatic rings. The zero-order valence-electron chi connectivity index (χ0n) is 17.7. The number of aliphatic imine (C=N–C) groups is 1. The molecular formula is C20H31IN4O3S. The third-order valence-corrected chi connectivity index (χ3v) is 5.05. The molecule has 9 heteroatoms. The topological polar surface area (TPSA) is 77.0 Å². The normalized spacial score (nSPS) is 10.9. The maximum atomic E-state index is 5.81. The van der Waals surface area contributed by atoms with Crippen molar-refractivity contribution in [3.63, 3.8) is 0 Å². The number of nitrogens with one attached hydrogen (secondary N) is 2. The first-order valence-electron chi connectivity index (χ1n) is 9.36. The minimum absolute atomic E-state index is 0. The number of methoxy groups -OCH3 is 2. The van der Waals surface area contributed by atoms with Gasteiger partial charge in [0.15, 0.2) is 5.96 Å². The molecule has 0 saturated heterocycles. The summed E-state index contributed by atoms with van der Waals surface area (Å²) < 4.78 is 16.3. The Hall–Kier alpha value is -1.75. The van der Waals surface area contributed by atoms with Crippen LogP contribution in [-0.4, -0.2) is 44.9 Å². The van der Waals surface area contributed by atoms with E-state index in [9.17, 15) is 0 Å². The van der Waals surface area contributed by atoms with Crippen LogP contribution in [0, 0.1) is 13.8 Å². The van der Waals surface area contributed by atoms with E-state index in [1.165, 1.54) is 4.88 Å². The zero-order valence-corrected chi connectivity index (χ0v) is 20.9. The number of aryl methyl sites for hydroxylation is 2. The molecule has 2 N–H and O–H groups in total. The largest absolute Gasteiger partial charge is 0.496 e. The fourth-order valence-corrected chi connectivity index (χ4v) is 3.29. The first-order valence-corrected chi connectivity index (χ1v) is 10.2. The first kappa shape index (κ1) is 25.3. The highest BCUT2D eigenvalue weighted by Gasteiger charge is 2.05. The minimum Gasteiger partial charge on any atom is -0.496 e. The minimum atomic E-state index is 0. The number of rotatable bonds is 10. The van der Waals surface area contributed by atoms with Crippen molar-refractivity contribution in [3.8, 4) is 17.2 Å². The van der Waals surface area contributed by atoms with Crippen molar-refractivity contribution < 1.29 is 14.2 Å². The monoisotopic (exact) mass is 534 g/mol. The highest BCUT2D eigenvalue weighted by Crippen LogP contribution is 2.27.